The molecule has 9 heteroatoms. The predicted octanol–water partition coefficient (Wildman–Crippen LogP) is 6.16. The number of anilines is 1. The number of nitrogens with zero attached hydrogens (tertiary/aromatic N) is 1. The van der Waals surface area contributed by atoms with Crippen molar-refractivity contribution in [3.8, 4) is 11.3 Å². The highest BCUT2D eigenvalue weighted by atomic mass is 79.9. The molecule has 1 aromatic heterocycles. The minimum Gasteiger partial charge on any atom is -0.457 e. The van der Waals surface area contributed by atoms with Crippen LogP contribution >= 0.6 is 51.3 Å². The Balaban J connectivity index is 1.68. The summed E-state index contributed by atoms with van der Waals surface area (Å²) in [6, 6.07) is 13.9. The first-order valence-electron chi connectivity index (χ1n) is 8.97. The van der Waals surface area contributed by atoms with Gasteiger partial charge in [0.1, 0.15) is 17.1 Å². The Kier molecular flexibility index (Phi) is 6.03. The number of carbonyl (C=O) groups is 2. The fraction of sp³-hybridized carbons (Fsp3) is 0.0455. The van der Waals surface area contributed by atoms with Gasteiger partial charge in [0.2, 0.25) is 0 Å². The second-order valence-corrected chi connectivity index (χ2v) is 8.78. The molecule has 31 heavy (non-hydrogen) atoms. The Bertz CT molecular complexity index is 1290. The van der Waals surface area contributed by atoms with E-state index in [0.717, 1.165) is 15.6 Å². The molecule has 0 saturated carbocycles. The van der Waals surface area contributed by atoms with E-state index in [1.54, 1.807) is 36.4 Å². The highest BCUT2D eigenvalue weighted by molar-refractivity contribution is 9.10. The number of benzene rings is 2. The van der Waals surface area contributed by atoms with E-state index in [2.05, 4.69) is 21.2 Å². The van der Waals surface area contributed by atoms with Gasteiger partial charge < -0.3 is 4.42 Å². The zero-order valence-corrected chi connectivity index (χ0v) is 19.8. The van der Waals surface area contributed by atoms with Gasteiger partial charge in [0.15, 0.2) is 5.11 Å². The van der Waals surface area contributed by atoms with Crippen molar-refractivity contribution < 1.29 is 14.0 Å². The molecular weight excluding hydrogens is 523 g/mol. The summed E-state index contributed by atoms with van der Waals surface area (Å²) in [5.74, 6) is -0.294. The van der Waals surface area contributed by atoms with E-state index in [1.165, 1.54) is 11.0 Å². The minimum absolute atomic E-state index is 0.0169. The average molecular weight is 536 g/mol. The molecule has 1 aliphatic rings. The molecule has 1 saturated heterocycles. The standard InChI is InChI=1S/C22H13BrCl2N2O3S/c1-11-2-4-13(9-17(11)24)27-21(29)15(20(28)26-22(27)31)10-14-5-7-19(30-14)12-3-6-16(23)18(25)8-12/h2-10H,1H3,(H,26,28,31)/b15-10+. The summed E-state index contributed by atoms with van der Waals surface area (Å²) in [4.78, 5) is 26.8. The molecular formula is C22H13BrCl2N2O3S. The number of thiocarbonyl (C=S) groups is 1. The van der Waals surface area contributed by atoms with Gasteiger partial charge in [-0.1, -0.05) is 35.3 Å². The topological polar surface area (TPSA) is 62.6 Å². The highest BCUT2D eigenvalue weighted by Crippen LogP contribution is 2.31. The lowest BCUT2D eigenvalue weighted by Crippen LogP contribution is -2.54. The van der Waals surface area contributed by atoms with Crippen LogP contribution in [0, 0.1) is 6.92 Å². The van der Waals surface area contributed by atoms with Gasteiger partial charge in [0.05, 0.1) is 10.7 Å². The third-order valence-corrected chi connectivity index (χ3v) is 6.56. The summed E-state index contributed by atoms with van der Waals surface area (Å²) < 4.78 is 6.58. The number of carbonyl (C=O) groups excluding carboxylic acids is 2. The number of nitrogens with one attached hydrogen (secondary N) is 1. The van der Waals surface area contributed by atoms with Gasteiger partial charge in [0.25, 0.3) is 11.8 Å². The van der Waals surface area contributed by atoms with E-state index in [9.17, 15) is 9.59 Å². The lowest BCUT2D eigenvalue weighted by Gasteiger charge is -2.29. The van der Waals surface area contributed by atoms with Crippen molar-refractivity contribution in [2.24, 2.45) is 0 Å². The Morgan fingerprint density at radius 1 is 1.06 bits per heavy atom. The van der Waals surface area contributed by atoms with Gasteiger partial charge >= 0.3 is 0 Å². The molecule has 0 bridgehead atoms. The number of hydrogen-bond acceptors (Lipinski definition) is 4. The van der Waals surface area contributed by atoms with Crippen LogP contribution in [-0.2, 0) is 9.59 Å². The van der Waals surface area contributed by atoms with Gasteiger partial charge in [-0.05, 0) is 83.1 Å². The van der Waals surface area contributed by atoms with Crippen molar-refractivity contribution in [1.82, 2.24) is 5.32 Å². The van der Waals surface area contributed by atoms with E-state index in [4.69, 9.17) is 39.8 Å². The molecule has 5 nitrogen and oxygen atoms in total. The molecule has 156 valence electrons. The zero-order chi connectivity index (χ0) is 22.3. The third kappa shape index (κ3) is 4.32. The number of rotatable bonds is 3. The lowest BCUT2D eigenvalue weighted by atomic mass is 10.1. The largest absolute Gasteiger partial charge is 0.457 e. The molecule has 2 heterocycles. The molecule has 0 aliphatic carbocycles. The van der Waals surface area contributed by atoms with Crippen LogP contribution in [0.5, 0.6) is 0 Å². The molecule has 0 atom stereocenters. The highest BCUT2D eigenvalue weighted by Gasteiger charge is 2.35. The van der Waals surface area contributed by atoms with E-state index in [1.807, 2.05) is 19.1 Å². The Hall–Kier alpha value is -2.45. The van der Waals surface area contributed by atoms with Crippen LogP contribution in [0.2, 0.25) is 10.0 Å². The number of aryl methyl sites for hydroxylation is 1. The first-order chi connectivity index (χ1) is 14.7. The summed E-state index contributed by atoms with van der Waals surface area (Å²) in [5, 5.41) is 3.54. The van der Waals surface area contributed by atoms with Crippen molar-refractivity contribution in [2.45, 2.75) is 6.92 Å². The maximum absolute atomic E-state index is 13.1. The molecule has 2 amide bonds. The van der Waals surface area contributed by atoms with Crippen molar-refractivity contribution in [3.63, 3.8) is 0 Å². The fourth-order valence-corrected chi connectivity index (χ4v) is 3.87. The first kappa shape index (κ1) is 21.8. The second kappa shape index (κ2) is 8.59. The number of furan rings is 1. The Morgan fingerprint density at radius 2 is 1.84 bits per heavy atom. The van der Waals surface area contributed by atoms with E-state index < -0.39 is 11.8 Å². The van der Waals surface area contributed by atoms with Crippen molar-refractivity contribution in [1.29, 1.82) is 0 Å². The molecule has 0 spiro atoms. The Labute approximate surface area is 201 Å². The molecule has 1 N–H and O–H groups in total. The number of halogens is 3. The van der Waals surface area contributed by atoms with Gasteiger partial charge in [0, 0.05) is 15.1 Å². The number of amides is 2. The van der Waals surface area contributed by atoms with Gasteiger partial charge in [-0.15, -0.1) is 0 Å². The van der Waals surface area contributed by atoms with E-state index >= 15 is 0 Å². The van der Waals surface area contributed by atoms with Crippen LogP contribution in [0.4, 0.5) is 5.69 Å². The van der Waals surface area contributed by atoms with Crippen LogP contribution < -0.4 is 10.2 Å². The third-order valence-electron chi connectivity index (χ3n) is 4.63. The molecule has 0 radical (unpaired) electrons. The average Bonchev–Trinajstić information content (AvgIpc) is 3.18. The van der Waals surface area contributed by atoms with Gasteiger partial charge in [-0.2, -0.15) is 0 Å². The minimum atomic E-state index is -0.603. The zero-order valence-electron chi connectivity index (χ0n) is 15.9. The van der Waals surface area contributed by atoms with Gasteiger partial charge in [-0.25, -0.2) is 0 Å². The Morgan fingerprint density at radius 3 is 2.55 bits per heavy atom. The van der Waals surface area contributed by atoms with Crippen molar-refractivity contribution in [3.05, 3.63) is 79.9 Å². The van der Waals surface area contributed by atoms with Crippen LogP contribution in [0.1, 0.15) is 11.3 Å². The lowest BCUT2D eigenvalue weighted by molar-refractivity contribution is -0.122. The predicted molar refractivity (Wildman–Crippen MR) is 129 cm³/mol. The fourth-order valence-electron chi connectivity index (χ4n) is 2.99. The monoisotopic (exact) mass is 534 g/mol. The van der Waals surface area contributed by atoms with Crippen molar-refractivity contribution >= 4 is 80.0 Å². The molecule has 4 rings (SSSR count). The summed E-state index contributed by atoms with van der Waals surface area (Å²) >= 11 is 20.9. The molecule has 3 aromatic rings. The molecule has 2 aromatic carbocycles. The molecule has 1 aliphatic heterocycles. The molecule has 0 unspecified atom stereocenters. The summed E-state index contributed by atoms with van der Waals surface area (Å²) in [6.07, 6.45) is 1.38. The summed E-state index contributed by atoms with van der Waals surface area (Å²) in [5.41, 5.74) is 1.97. The normalized spacial score (nSPS) is 15.5. The molecule has 1 fully saturated rings. The smallest absolute Gasteiger partial charge is 0.270 e. The van der Waals surface area contributed by atoms with Crippen LogP contribution in [0.15, 0.2) is 63.0 Å². The van der Waals surface area contributed by atoms with Crippen molar-refractivity contribution in [2.75, 3.05) is 4.90 Å². The van der Waals surface area contributed by atoms with Gasteiger partial charge in [-0.3, -0.25) is 19.8 Å². The second-order valence-electron chi connectivity index (χ2n) is 6.72. The summed E-state index contributed by atoms with van der Waals surface area (Å²) in [7, 11) is 0. The number of hydrogen-bond donors (Lipinski definition) is 1. The maximum Gasteiger partial charge on any atom is 0.270 e. The SMILES string of the molecule is Cc1ccc(N2C(=O)/C(=C/c3ccc(-c4ccc(Br)c(Cl)c4)o3)C(=O)NC2=S)cc1Cl. The summed E-state index contributed by atoms with van der Waals surface area (Å²) in [6.45, 7) is 1.85. The van der Waals surface area contributed by atoms with Crippen LogP contribution in [0.25, 0.3) is 17.4 Å². The maximum atomic E-state index is 13.1. The quantitative estimate of drug-likeness (QED) is 0.248. The van der Waals surface area contributed by atoms with E-state index in [0.29, 0.717) is 27.3 Å². The van der Waals surface area contributed by atoms with Crippen LogP contribution in [0.3, 0.4) is 0 Å². The van der Waals surface area contributed by atoms with Crippen LogP contribution in [-0.4, -0.2) is 16.9 Å². The first-order valence-corrected chi connectivity index (χ1v) is 10.9. The van der Waals surface area contributed by atoms with E-state index in [-0.39, 0.29) is 10.7 Å².